The van der Waals surface area contributed by atoms with Gasteiger partial charge in [0.2, 0.25) is 0 Å². The number of benzene rings is 2. The van der Waals surface area contributed by atoms with Crippen LogP contribution >= 0.6 is 23.2 Å². The molecular weight excluding hydrogens is 427 g/mol. The molecule has 0 saturated carbocycles. The van der Waals surface area contributed by atoms with Crippen molar-refractivity contribution in [3.05, 3.63) is 74.1 Å². The fourth-order valence-corrected chi connectivity index (χ4v) is 3.90. The Kier molecular flexibility index (Phi) is 6.18. The minimum atomic E-state index is -0.465. The van der Waals surface area contributed by atoms with Crippen molar-refractivity contribution < 1.29 is 18.5 Å². The van der Waals surface area contributed by atoms with Gasteiger partial charge in [-0.1, -0.05) is 46.4 Å². The van der Waals surface area contributed by atoms with E-state index in [0.29, 0.717) is 40.0 Å². The van der Waals surface area contributed by atoms with Crippen molar-refractivity contribution in [2.45, 2.75) is 12.7 Å². The summed E-state index contributed by atoms with van der Waals surface area (Å²) in [5.41, 5.74) is 1.45. The van der Waals surface area contributed by atoms with Crippen LogP contribution in [0.15, 0.2) is 56.7 Å². The second kappa shape index (κ2) is 9.00. The van der Waals surface area contributed by atoms with Gasteiger partial charge in [0.25, 0.3) is 6.34 Å². The number of hydrogen-bond acceptors (Lipinski definition) is 5. The number of aliphatic imine (C=N–C) groups is 1. The van der Waals surface area contributed by atoms with Crippen molar-refractivity contribution in [1.29, 1.82) is 0 Å². The van der Waals surface area contributed by atoms with Gasteiger partial charge >= 0.3 is 5.63 Å². The van der Waals surface area contributed by atoms with Crippen LogP contribution in [0.25, 0.3) is 11.0 Å². The van der Waals surface area contributed by atoms with Crippen LogP contribution in [0.3, 0.4) is 0 Å². The number of rotatable bonds is 7. The number of ether oxygens (including phenoxy) is 2. The topological polar surface area (TPSA) is 64.0 Å². The Morgan fingerprint density at radius 3 is 2.83 bits per heavy atom. The molecule has 1 aliphatic heterocycles. The zero-order valence-electron chi connectivity index (χ0n) is 16.2. The first-order chi connectivity index (χ1) is 14.5. The summed E-state index contributed by atoms with van der Waals surface area (Å²) in [5, 5.41) is 1.83. The molecular formula is C22H19Cl2N2O4+. The van der Waals surface area contributed by atoms with Crippen LogP contribution in [0, 0.1) is 0 Å². The summed E-state index contributed by atoms with van der Waals surface area (Å²) >= 11 is 12.5. The number of fused-ring (bicyclic) bond motifs is 1. The molecule has 30 heavy (non-hydrogen) atoms. The van der Waals surface area contributed by atoms with Gasteiger partial charge < -0.3 is 13.9 Å². The fourth-order valence-electron chi connectivity index (χ4n) is 3.37. The van der Waals surface area contributed by atoms with E-state index in [9.17, 15) is 4.79 Å². The first-order valence-electron chi connectivity index (χ1n) is 9.30. The number of para-hydroxylation sites is 1. The summed E-state index contributed by atoms with van der Waals surface area (Å²) < 4.78 is 19.0. The maximum absolute atomic E-state index is 12.1. The molecule has 8 heteroatoms. The van der Waals surface area contributed by atoms with E-state index in [1.54, 1.807) is 24.5 Å². The van der Waals surface area contributed by atoms with Crippen molar-refractivity contribution in [3.63, 3.8) is 0 Å². The Morgan fingerprint density at radius 2 is 2.10 bits per heavy atom. The van der Waals surface area contributed by atoms with Crippen molar-refractivity contribution in [1.82, 2.24) is 0 Å². The van der Waals surface area contributed by atoms with Gasteiger partial charge in [-0.25, -0.2) is 4.79 Å². The number of hydrogen-bond donors (Lipinski definition) is 0. The SMILES string of the molecule is COc1cccc2c(COC(C[N+]3=CN=CC3)c3ccc(Cl)cc3Cl)cc(=O)oc12. The number of halogens is 2. The Morgan fingerprint density at radius 1 is 1.23 bits per heavy atom. The largest absolute Gasteiger partial charge is 0.493 e. The molecule has 2 heterocycles. The average molecular weight is 446 g/mol. The van der Waals surface area contributed by atoms with Gasteiger partial charge in [0.05, 0.1) is 13.7 Å². The Hall–Kier alpha value is -2.67. The molecule has 0 fully saturated rings. The Labute approximate surface area is 183 Å². The average Bonchev–Trinajstić information content (AvgIpc) is 3.24. The summed E-state index contributed by atoms with van der Waals surface area (Å²) in [6, 6.07) is 12.2. The predicted molar refractivity (Wildman–Crippen MR) is 118 cm³/mol. The van der Waals surface area contributed by atoms with Gasteiger partial charge in [0.1, 0.15) is 19.2 Å². The lowest BCUT2D eigenvalue weighted by molar-refractivity contribution is -0.517. The second-order valence-electron chi connectivity index (χ2n) is 6.79. The smallest absolute Gasteiger partial charge is 0.336 e. The van der Waals surface area contributed by atoms with Crippen LogP contribution in [-0.2, 0) is 11.3 Å². The molecule has 1 aromatic heterocycles. The standard InChI is InChI=1S/C22H19Cl2N2O4/c1-28-19-4-2-3-16-14(9-21(27)30-22(16)19)12-29-20(11-26-8-7-25-13-26)17-6-5-15(23)10-18(17)24/h2-7,9-10,13,20H,8,11-12H2,1H3/q+1. The molecule has 6 nitrogen and oxygen atoms in total. The van der Waals surface area contributed by atoms with Crippen molar-refractivity contribution in [2.75, 3.05) is 20.2 Å². The monoisotopic (exact) mass is 445 g/mol. The maximum Gasteiger partial charge on any atom is 0.336 e. The molecule has 154 valence electrons. The van der Waals surface area contributed by atoms with Gasteiger partial charge in [0.15, 0.2) is 17.5 Å². The minimum Gasteiger partial charge on any atom is -0.493 e. The molecule has 0 amide bonds. The Bertz CT molecular complexity index is 1200. The summed E-state index contributed by atoms with van der Waals surface area (Å²) in [5.74, 6) is 0.493. The van der Waals surface area contributed by atoms with E-state index < -0.39 is 5.63 Å². The quantitative estimate of drug-likeness (QED) is 0.396. The summed E-state index contributed by atoms with van der Waals surface area (Å²) in [4.78, 5) is 16.3. The summed E-state index contributed by atoms with van der Waals surface area (Å²) in [7, 11) is 1.53. The van der Waals surface area contributed by atoms with E-state index in [0.717, 1.165) is 10.9 Å². The molecule has 0 bridgehead atoms. The van der Waals surface area contributed by atoms with Gasteiger partial charge in [-0.3, -0.25) is 4.58 Å². The molecule has 0 N–H and O–H groups in total. The lowest BCUT2D eigenvalue weighted by atomic mass is 10.1. The van der Waals surface area contributed by atoms with E-state index in [-0.39, 0.29) is 12.7 Å². The van der Waals surface area contributed by atoms with Gasteiger partial charge in [-0.05, 0) is 23.8 Å². The van der Waals surface area contributed by atoms with Crippen LogP contribution in [0.2, 0.25) is 10.0 Å². The minimum absolute atomic E-state index is 0.188. The number of methoxy groups -OCH3 is 1. The molecule has 3 aromatic rings. The zero-order chi connectivity index (χ0) is 21.1. The van der Waals surface area contributed by atoms with E-state index in [1.807, 2.05) is 29.0 Å². The molecule has 0 aliphatic carbocycles. The van der Waals surface area contributed by atoms with Gasteiger partial charge in [0, 0.05) is 27.1 Å². The summed E-state index contributed by atoms with van der Waals surface area (Å²) in [6.45, 7) is 1.43. The highest BCUT2D eigenvalue weighted by Crippen LogP contribution is 2.31. The lowest BCUT2D eigenvalue weighted by Gasteiger charge is -2.19. The van der Waals surface area contributed by atoms with Crippen LogP contribution in [0.4, 0.5) is 0 Å². The summed E-state index contributed by atoms with van der Waals surface area (Å²) in [6.07, 6.45) is 3.22. The fraction of sp³-hybridized carbons (Fsp3) is 0.227. The molecule has 4 rings (SSSR count). The van der Waals surface area contributed by atoms with Gasteiger partial charge in [-0.15, -0.1) is 0 Å². The normalized spacial score (nSPS) is 14.2. The highest BCUT2D eigenvalue weighted by Gasteiger charge is 2.22. The highest BCUT2D eigenvalue weighted by atomic mass is 35.5. The third-order valence-corrected chi connectivity index (χ3v) is 5.40. The van der Waals surface area contributed by atoms with E-state index in [4.69, 9.17) is 37.1 Å². The molecule has 0 radical (unpaired) electrons. The zero-order valence-corrected chi connectivity index (χ0v) is 17.7. The van der Waals surface area contributed by atoms with Gasteiger partial charge in [-0.2, -0.15) is 0 Å². The van der Waals surface area contributed by atoms with Crippen LogP contribution in [0.1, 0.15) is 17.2 Å². The van der Waals surface area contributed by atoms with Crippen LogP contribution in [0.5, 0.6) is 5.75 Å². The molecule has 2 aromatic carbocycles. The first kappa shape index (κ1) is 20.6. The maximum atomic E-state index is 12.1. The molecule has 1 aliphatic rings. The molecule has 0 saturated heterocycles. The van der Waals surface area contributed by atoms with E-state index in [2.05, 4.69) is 4.99 Å². The van der Waals surface area contributed by atoms with Crippen LogP contribution in [-0.4, -0.2) is 37.3 Å². The van der Waals surface area contributed by atoms with Crippen LogP contribution < -0.4 is 10.4 Å². The Balaban J connectivity index is 1.66. The number of nitrogens with zero attached hydrogens (tertiary/aromatic N) is 2. The van der Waals surface area contributed by atoms with E-state index in [1.165, 1.54) is 13.2 Å². The molecule has 0 spiro atoms. The van der Waals surface area contributed by atoms with Crippen molar-refractivity contribution in [2.24, 2.45) is 4.99 Å². The van der Waals surface area contributed by atoms with E-state index >= 15 is 0 Å². The predicted octanol–water partition coefficient (Wildman–Crippen LogP) is 4.49. The first-order valence-corrected chi connectivity index (χ1v) is 10.1. The second-order valence-corrected chi connectivity index (χ2v) is 7.64. The third-order valence-electron chi connectivity index (χ3n) is 4.84. The molecule has 1 unspecified atom stereocenters. The highest BCUT2D eigenvalue weighted by molar-refractivity contribution is 6.35. The van der Waals surface area contributed by atoms with Crippen molar-refractivity contribution in [3.8, 4) is 5.75 Å². The van der Waals surface area contributed by atoms with Crippen molar-refractivity contribution >= 4 is 46.7 Å². The third kappa shape index (κ3) is 4.41. The lowest BCUT2D eigenvalue weighted by Crippen LogP contribution is -2.22. The molecule has 1 atom stereocenters.